The Bertz CT molecular complexity index is 936. The molecular formula is C25H27NO2. The highest BCUT2D eigenvalue weighted by molar-refractivity contribution is 5.91. The lowest BCUT2D eigenvalue weighted by Gasteiger charge is -2.19. The second kappa shape index (κ2) is 8.30. The molecule has 0 saturated carbocycles. The number of aromatic hydroxyl groups is 1. The first-order valence-corrected chi connectivity index (χ1v) is 9.60. The molecule has 0 heterocycles. The van der Waals surface area contributed by atoms with Crippen molar-refractivity contribution in [2.75, 3.05) is 5.32 Å². The van der Waals surface area contributed by atoms with Gasteiger partial charge in [-0.1, -0.05) is 69.3 Å². The molecule has 0 saturated heterocycles. The lowest BCUT2D eigenvalue weighted by atomic mass is 9.86. The lowest BCUT2D eigenvalue weighted by Crippen LogP contribution is -2.13. The van der Waals surface area contributed by atoms with Crippen molar-refractivity contribution in [1.82, 2.24) is 0 Å². The van der Waals surface area contributed by atoms with E-state index in [0.29, 0.717) is 6.42 Å². The van der Waals surface area contributed by atoms with Crippen LogP contribution in [0.1, 0.15) is 38.3 Å². The Morgan fingerprint density at radius 1 is 0.893 bits per heavy atom. The highest BCUT2D eigenvalue weighted by Crippen LogP contribution is 2.25. The Hall–Kier alpha value is -3.07. The van der Waals surface area contributed by atoms with E-state index >= 15 is 0 Å². The number of nitrogens with one attached hydrogen (secondary N) is 1. The molecular weight excluding hydrogens is 346 g/mol. The van der Waals surface area contributed by atoms with Crippen molar-refractivity contribution < 1.29 is 9.90 Å². The van der Waals surface area contributed by atoms with E-state index in [1.807, 2.05) is 36.4 Å². The number of hydrogen-bond acceptors (Lipinski definition) is 2. The molecule has 0 radical (unpaired) electrons. The van der Waals surface area contributed by atoms with Crippen LogP contribution in [-0.4, -0.2) is 11.0 Å². The predicted molar refractivity (Wildman–Crippen MR) is 116 cm³/mol. The molecule has 0 fully saturated rings. The van der Waals surface area contributed by atoms with E-state index in [2.05, 4.69) is 50.4 Å². The topological polar surface area (TPSA) is 49.3 Å². The van der Waals surface area contributed by atoms with Gasteiger partial charge in [0.05, 0.1) is 0 Å². The second-order valence-electron chi connectivity index (χ2n) is 8.12. The minimum absolute atomic E-state index is 0.00463. The summed E-state index contributed by atoms with van der Waals surface area (Å²) < 4.78 is 0. The van der Waals surface area contributed by atoms with Crippen LogP contribution in [0.2, 0.25) is 0 Å². The van der Waals surface area contributed by atoms with Gasteiger partial charge in [-0.25, -0.2) is 0 Å². The van der Waals surface area contributed by atoms with Gasteiger partial charge in [0.1, 0.15) is 5.75 Å². The van der Waals surface area contributed by atoms with E-state index in [-0.39, 0.29) is 17.1 Å². The molecule has 3 aromatic rings. The minimum Gasteiger partial charge on any atom is -0.508 e. The molecule has 28 heavy (non-hydrogen) atoms. The standard InChI is InChI=1S/C25H27NO2/c1-25(2,3)21-12-7-18(8-13-21)9-16-24(28)26-22-14-10-19(11-15-22)20-5-4-6-23(27)17-20/h4-8,10-15,17,27H,9,16H2,1-3H3,(H,26,28). The molecule has 0 aromatic heterocycles. The molecule has 0 spiro atoms. The molecule has 0 unspecified atom stereocenters. The van der Waals surface area contributed by atoms with Gasteiger partial charge in [0.25, 0.3) is 0 Å². The van der Waals surface area contributed by atoms with Crippen LogP contribution in [0.25, 0.3) is 11.1 Å². The Balaban J connectivity index is 1.55. The molecule has 144 valence electrons. The number of carbonyl (C=O) groups is 1. The normalized spacial score (nSPS) is 11.2. The van der Waals surface area contributed by atoms with Crippen LogP contribution >= 0.6 is 0 Å². The first-order chi connectivity index (χ1) is 13.3. The number of rotatable bonds is 5. The summed E-state index contributed by atoms with van der Waals surface area (Å²) in [7, 11) is 0. The maximum Gasteiger partial charge on any atom is 0.224 e. The van der Waals surface area contributed by atoms with Crippen molar-refractivity contribution >= 4 is 11.6 Å². The molecule has 0 bridgehead atoms. The SMILES string of the molecule is CC(C)(C)c1ccc(CCC(=O)Nc2ccc(-c3cccc(O)c3)cc2)cc1. The maximum absolute atomic E-state index is 12.3. The van der Waals surface area contributed by atoms with Crippen molar-refractivity contribution in [3.05, 3.63) is 83.9 Å². The summed E-state index contributed by atoms with van der Waals surface area (Å²) in [6.07, 6.45) is 1.17. The van der Waals surface area contributed by atoms with Gasteiger partial charge in [0.2, 0.25) is 5.91 Å². The summed E-state index contributed by atoms with van der Waals surface area (Å²) in [4.78, 5) is 12.3. The maximum atomic E-state index is 12.3. The molecule has 0 aliphatic carbocycles. The summed E-state index contributed by atoms with van der Waals surface area (Å²) in [5, 5.41) is 12.5. The van der Waals surface area contributed by atoms with Gasteiger partial charge in [-0.3, -0.25) is 4.79 Å². The third-order valence-corrected chi connectivity index (χ3v) is 4.81. The van der Waals surface area contributed by atoms with E-state index in [1.165, 1.54) is 11.1 Å². The summed E-state index contributed by atoms with van der Waals surface area (Å²) >= 11 is 0. The monoisotopic (exact) mass is 373 g/mol. The molecule has 3 rings (SSSR count). The number of amides is 1. The fraction of sp³-hybridized carbons (Fsp3) is 0.240. The molecule has 3 nitrogen and oxygen atoms in total. The Morgan fingerprint density at radius 2 is 1.57 bits per heavy atom. The average Bonchev–Trinajstić information content (AvgIpc) is 2.67. The number of aryl methyl sites for hydroxylation is 1. The fourth-order valence-corrected chi connectivity index (χ4v) is 3.08. The first-order valence-electron chi connectivity index (χ1n) is 9.60. The number of benzene rings is 3. The highest BCUT2D eigenvalue weighted by atomic mass is 16.3. The van der Waals surface area contributed by atoms with Crippen molar-refractivity contribution in [3.63, 3.8) is 0 Å². The quantitative estimate of drug-likeness (QED) is 0.582. The van der Waals surface area contributed by atoms with E-state index in [9.17, 15) is 9.90 Å². The van der Waals surface area contributed by atoms with Crippen LogP contribution in [0.3, 0.4) is 0 Å². The fourth-order valence-electron chi connectivity index (χ4n) is 3.08. The Morgan fingerprint density at radius 3 is 2.18 bits per heavy atom. The zero-order valence-electron chi connectivity index (χ0n) is 16.7. The lowest BCUT2D eigenvalue weighted by molar-refractivity contribution is -0.116. The largest absolute Gasteiger partial charge is 0.508 e. The molecule has 0 aliphatic rings. The van der Waals surface area contributed by atoms with Gasteiger partial charge >= 0.3 is 0 Å². The van der Waals surface area contributed by atoms with Crippen LogP contribution in [0.15, 0.2) is 72.8 Å². The van der Waals surface area contributed by atoms with E-state index in [0.717, 1.165) is 23.2 Å². The molecule has 0 atom stereocenters. The third-order valence-electron chi connectivity index (χ3n) is 4.81. The van der Waals surface area contributed by atoms with Gasteiger partial charge in [-0.2, -0.15) is 0 Å². The zero-order valence-corrected chi connectivity index (χ0v) is 16.7. The smallest absolute Gasteiger partial charge is 0.224 e. The summed E-state index contributed by atoms with van der Waals surface area (Å²) in [5.74, 6) is 0.246. The average molecular weight is 373 g/mol. The Labute approximate surface area is 167 Å². The second-order valence-corrected chi connectivity index (χ2v) is 8.12. The van der Waals surface area contributed by atoms with Crippen molar-refractivity contribution in [3.8, 4) is 16.9 Å². The number of phenolic OH excluding ortho intramolecular Hbond substituents is 1. The summed E-state index contributed by atoms with van der Waals surface area (Å²) in [6.45, 7) is 6.59. The number of phenols is 1. The molecule has 2 N–H and O–H groups in total. The van der Waals surface area contributed by atoms with E-state index in [4.69, 9.17) is 0 Å². The van der Waals surface area contributed by atoms with Gasteiger partial charge in [0, 0.05) is 12.1 Å². The van der Waals surface area contributed by atoms with Gasteiger partial charge in [0.15, 0.2) is 0 Å². The summed E-state index contributed by atoms with van der Waals surface area (Å²) in [5.41, 5.74) is 5.32. The zero-order chi connectivity index (χ0) is 20.1. The number of carbonyl (C=O) groups excluding carboxylic acids is 1. The van der Waals surface area contributed by atoms with Gasteiger partial charge in [-0.15, -0.1) is 0 Å². The number of hydrogen-bond donors (Lipinski definition) is 2. The van der Waals surface area contributed by atoms with Gasteiger partial charge in [-0.05, 0) is 58.4 Å². The van der Waals surface area contributed by atoms with E-state index in [1.54, 1.807) is 12.1 Å². The van der Waals surface area contributed by atoms with Crippen LogP contribution in [-0.2, 0) is 16.6 Å². The predicted octanol–water partition coefficient (Wildman–Crippen LogP) is 5.93. The molecule has 3 aromatic carbocycles. The van der Waals surface area contributed by atoms with Crippen molar-refractivity contribution in [1.29, 1.82) is 0 Å². The van der Waals surface area contributed by atoms with Gasteiger partial charge < -0.3 is 10.4 Å². The van der Waals surface area contributed by atoms with Crippen LogP contribution < -0.4 is 5.32 Å². The van der Waals surface area contributed by atoms with Crippen LogP contribution in [0.5, 0.6) is 5.75 Å². The van der Waals surface area contributed by atoms with Crippen molar-refractivity contribution in [2.45, 2.75) is 39.0 Å². The van der Waals surface area contributed by atoms with Crippen LogP contribution in [0.4, 0.5) is 5.69 Å². The molecule has 1 amide bonds. The minimum atomic E-state index is 0.00463. The highest BCUT2D eigenvalue weighted by Gasteiger charge is 2.13. The first kappa shape index (κ1) is 19.7. The van der Waals surface area contributed by atoms with Crippen LogP contribution in [0, 0.1) is 0 Å². The third kappa shape index (κ3) is 5.23. The summed E-state index contributed by atoms with van der Waals surface area (Å²) in [6, 6.07) is 23.3. The van der Waals surface area contributed by atoms with E-state index < -0.39 is 0 Å². The Kier molecular flexibility index (Phi) is 5.84. The molecule has 3 heteroatoms. The van der Waals surface area contributed by atoms with Crippen molar-refractivity contribution in [2.24, 2.45) is 0 Å². The molecule has 0 aliphatic heterocycles. The number of anilines is 1.